The molecule has 5 nitrogen and oxygen atoms in total. The van der Waals surface area contributed by atoms with E-state index in [0.717, 1.165) is 6.04 Å². The zero-order valence-electron chi connectivity index (χ0n) is 11.4. The molecule has 1 unspecified atom stereocenters. The molecular formula is C11H27NO4S. The van der Waals surface area contributed by atoms with Gasteiger partial charge >= 0.3 is 10.4 Å². The summed E-state index contributed by atoms with van der Waals surface area (Å²) < 4.78 is 31.6. The van der Waals surface area contributed by atoms with Crippen LogP contribution < -0.4 is 0 Å². The summed E-state index contributed by atoms with van der Waals surface area (Å²) in [6.45, 7) is 4.54. The fourth-order valence-corrected chi connectivity index (χ4v) is 1.62. The Labute approximate surface area is 106 Å². The Hall–Kier alpha value is -0.170. The lowest BCUT2D eigenvalue weighted by Crippen LogP contribution is -2.27. The van der Waals surface area contributed by atoms with Gasteiger partial charge in [0.2, 0.25) is 0 Å². The molecule has 0 fully saturated rings. The van der Waals surface area contributed by atoms with E-state index in [1.54, 1.807) is 0 Å². The van der Waals surface area contributed by atoms with Crippen LogP contribution in [0.15, 0.2) is 0 Å². The summed E-state index contributed by atoms with van der Waals surface area (Å²) in [5.74, 6) is 0. The van der Waals surface area contributed by atoms with Crippen molar-refractivity contribution >= 4 is 10.4 Å². The summed E-state index contributed by atoms with van der Waals surface area (Å²) in [7, 11) is -0.265. The number of hydrogen-bond donors (Lipinski definition) is 2. The average molecular weight is 269 g/mol. The third-order valence-electron chi connectivity index (χ3n) is 2.49. The maximum Gasteiger partial charge on any atom is 0.394 e. The van der Waals surface area contributed by atoms with Crippen molar-refractivity contribution in [3.05, 3.63) is 0 Å². The standard InChI is InChI=1S/C11H25N.H2O4S/c1-5-7-8-10-11(9-6-2)12(3)4;1-5(2,3)4/h11H,5-10H2,1-4H3;(H2,1,2,3,4). The first-order valence-corrected chi connectivity index (χ1v) is 7.48. The molecule has 0 saturated carbocycles. The largest absolute Gasteiger partial charge is 0.394 e. The van der Waals surface area contributed by atoms with Gasteiger partial charge in [0.1, 0.15) is 0 Å². The molecule has 0 amide bonds. The first-order chi connectivity index (χ1) is 7.72. The van der Waals surface area contributed by atoms with E-state index in [1.165, 1.54) is 38.5 Å². The van der Waals surface area contributed by atoms with Crippen molar-refractivity contribution in [2.45, 2.75) is 58.4 Å². The van der Waals surface area contributed by atoms with E-state index in [9.17, 15) is 0 Å². The van der Waals surface area contributed by atoms with Gasteiger partial charge in [-0.25, -0.2) is 0 Å². The normalized spacial score (nSPS) is 13.1. The fraction of sp³-hybridized carbons (Fsp3) is 1.00. The molecule has 106 valence electrons. The van der Waals surface area contributed by atoms with Crippen LogP contribution in [0.2, 0.25) is 0 Å². The lowest BCUT2D eigenvalue weighted by atomic mass is 10.0. The van der Waals surface area contributed by atoms with Crippen molar-refractivity contribution in [3.63, 3.8) is 0 Å². The second kappa shape index (κ2) is 11.0. The van der Waals surface area contributed by atoms with Crippen LogP contribution in [0.1, 0.15) is 52.4 Å². The topological polar surface area (TPSA) is 77.8 Å². The van der Waals surface area contributed by atoms with Crippen LogP contribution in [0.4, 0.5) is 0 Å². The van der Waals surface area contributed by atoms with E-state index >= 15 is 0 Å². The summed E-state index contributed by atoms with van der Waals surface area (Å²) in [5, 5.41) is 0. The van der Waals surface area contributed by atoms with Gasteiger partial charge in [-0.05, 0) is 26.9 Å². The van der Waals surface area contributed by atoms with Gasteiger partial charge in [0.25, 0.3) is 0 Å². The summed E-state index contributed by atoms with van der Waals surface area (Å²) in [4.78, 5) is 2.37. The third-order valence-corrected chi connectivity index (χ3v) is 2.49. The van der Waals surface area contributed by atoms with Gasteiger partial charge in [0.15, 0.2) is 0 Å². The van der Waals surface area contributed by atoms with Gasteiger partial charge in [-0.1, -0.05) is 39.5 Å². The molecule has 0 radical (unpaired) electrons. The maximum absolute atomic E-state index is 8.74. The minimum atomic E-state index is -4.67. The fourth-order valence-electron chi connectivity index (χ4n) is 1.62. The first kappa shape index (κ1) is 19.2. The van der Waals surface area contributed by atoms with Crippen molar-refractivity contribution in [2.24, 2.45) is 0 Å². The van der Waals surface area contributed by atoms with Crippen LogP contribution in [-0.2, 0) is 10.4 Å². The number of nitrogens with zero attached hydrogens (tertiary/aromatic N) is 1. The molecule has 1 atom stereocenters. The van der Waals surface area contributed by atoms with Crippen molar-refractivity contribution < 1.29 is 17.5 Å². The zero-order chi connectivity index (χ0) is 13.9. The van der Waals surface area contributed by atoms with Gasteiger partial charge in [0.05, 0.1) is 0 Å². The van der Waals surface area contributed by atoms with Crippen LogP contribution in [0.3, 0.4) is 0 Å². The molecular weight excluding hydrogens is 242 g/mol. The van der Waals surface area contributed by atoms with Gasteiger partial charge in [-0.15, -0.1) is 0 Å². The zero-order valence-corrected chi connectivity index (χ0v) is 12.2. The SMILES string of the molecule is CCCCCC(CCC)N(C)C.O=S(=O)(O)O. The first-order valence-electron chi connectivity index (χ1n) is 6.08. The maximum atomic E-state index is 8.74. The van der Waals surface area contributed by atoms with Crippen molar-refractivity contribution in [2.75, 3.05) is 14.1 Å². The molecule has 0 aliphatic rings. The second-order valence-electron chi connectivity index (χ2n) is 4.35. The highest BCUT2D eigenvalue weighted by molar-refractivity contribution is 7.79. The van der Waals surface area contributed by atoms with Crippen LogP contribution in [0.5, 0.6) is 0 Å². The average Bonchev–Trinajstić information content (AvgIpc) is 2.14. The second-order valence-corrected chi connectivity index (χ2v) is 5.25. The molecule has 0 aliphatic carbocycles. The molecule has 0 bridgehead atoms. The van der Waals surface area contributed by atoms with E-state index < -0.39 is 10.4 Å². The molecule has 0 aromatic carbocycles. The monoisotopic (exact) mass is 269 g/mol. The summed E-state index contributed by atoms with van der Waals surface area (Å²) in [6.07, 6.45) is 8.19. The lowest BCUT2D eigenvalue weighted by Gasteiger charge is -2.23. The molecule has 2 N–H and O–H groups in total. The molecule has 0 saturated heterocycles. The van der Waals surface area contributed by atoms with Crippen LogP contribution in [0.25, 0.3) is 0 Å². The summed E-state index contributed by atoms with van der Waals surface area (Å²) in [6, 6.07) is 0.821. The highest BCUT2D eigenvalue weighted by Crippen LogP contribution is 2.12. The van der Waals surface area contributed by atoms with Crippen LogP contribution in [-0.4, -0.2) is 42.6 Å². The quantitative estimate of drug-likeness (QED) is 0.549. The van der Waals surface area contributed by atoms with Gasteiger partial charge < -0.3 is 4.90 Å². The Kier molecular flexibility index (Phi) is 12.4. The summed E-state index contributed by atoms with van der Waals surface area (Å²) >= 11 is 0. The number of hydrogen-bond acceptors (Lipinski definition) is 3. The van der Waals surface area contributed by atoms with Crippen molar-refractivity contribution in [3.8, 4) is 0 Å². The van der Waals surface area contributed by atoms with Crippen molar-refractivity contribution in [1.82, 2.24) is 4.90 Å². The Morgan fingerprint density at radius 2 is 1.47 bits per heavy atom. The molecule has 17 heavy (non-hydrogen) atoms. The third kappa shape index (κ3) is 21.6. The predicted molar refractivity (Wildman–Crippen MR) is 70.7 cm³/mol. The highest BCUT2D eigenvalue weighted by Gasteiger charge is 2.08. The number of unbranched alkanes of at least 4 members (excludes halogenated alkanes) is 2. The van der Waals surface area contributed by atoms with E-state index in [2.05, 4.69) is 32.8 Å². The van der Waals surface area contributed by atoms with E-state index in [-0.39, 0.29) is 0 Å². The Bertz CT molecular complexity index is 244. The molecule has 0 rings (SSSR count). The Morgan fingerprint density at radius 1 is 1.00 bits per heavy atom. The molecule has 6 heteroatoms. The minimum Gasteiger partial charge on any atom is -0.306 e. The van der Waals surface area contributed by atoms with E-state index in [4.69, 9.17) is 17.5 Å². The molecule has 0 aromatic rings. The highest BCUT2D eigenvalue weighted by atomic mass is 32.3. The van der Waals surface area contributed by atoms with E-state index in [1.807, 2.05) is 0 Å². The number of rotatable bonds is 7. The Morgan fingerprint density at radius 3 is 1.76 bits per heavy atom. The minimum absolute atomic E-state index is 0.821. The van der Waals surface area contributed by atoms with Crippen LogP contribution >= 0.6 is 0 Å². The molecule has 0 spiro atoms. The van der Waals surface area contributed by atoms with Gasteiger partial charge in [-0.2, -0.15) is 8.42 Å². The smallest absolute Gasteiger partial charge is 0.306 e. The molecule has 0 aromatic heterocycles. The van der Waals surface area contributed by atoms with Gasteiger partial charge in [0, 0.05) is 6.04 Å². The predicted octanol–water partition coefficient (Wildman–Crippen LogP) is 2.64. The molecule has 0 aliphatic heterocycles. The Balaban J connectivity index is 0. The summed E-state index contributed by atoms with van der Waals surface area (Å²) in [5.41, 5.74) is 0. The van der Waals surface area contributed by atoms with Crippen molar-refractivity contribution in [1.29, 1.82) is 0 Å². The van der Waals surface area contributed by atoms with Gasteiger partial charge in [-0.3, -0.25) is 9.11 Å². The van der Waals surface area contributed by atoms with E-state index in [0.29, 0.717) is 0 Å². The lowest BCUT2D eigenvalue weighted by molar-refractivity contribution is 0.256. The molecule has 0 heterocycles. The van der Waals surface area contributed by atoms with Crippen LogP contribution in [0, 0.1) is 0 Å².